The van der Waals surface area contributed by atoms with Crippen molar-refractivity contribution in [1.82, 2.24) is 24.6 Å². The maximum Gasteiger partial charge on any atom is 0.459 e. The molecule has 4 rings (SSSR count). The molecule has 2 atom stereocenters. The first-order chi connectivity index (χ1) is 17.2. The maximum absolute atomic E-state index is 13.5. The second-order valence-corrected chi connectivity index (χ2v) is 11.0. The first kappa shape index (κ1) is 26.3. The Bertz CT molecular complexity index is 1270. The normalized spacial score (nSPS) is 19.8. The molecule has 0 amide bonds. The molecule has 1 unspecified atom stereocenters. The fourth-order valence-electron chi connectivity index (χ4n) is 3.87. The fraction of sp³-hybridized carbons (Fsp3) is 0.455. The summed E-state index contributed by atoms with van der Waals surface area (Å²) in [6.07, 6.45) is 3.18. The second kappa shape index (κ2) is 11.1. The number of halogens is 1. The van der Waals surface area contributed by atoms with E-state index in [0.717, 1.165) is 17.3 Å². The molecule has 0 spiro atoms. The number of fused-ring (bicyclic) bond motifs is 1. The van der Waals surface area contributed by atoms with Gasteiger partial charge in [-0.3, -0.25) is 9.32 Å². The molecule has 2 aromatic heterocycles. The van der Waals surface area contributed by atoms with Crippen LogP contribution in [0, 0.1) is 5.92 Å². The third kappa shape index (κ3) is 5.97. The molecule has 194 valence electrons. The molecule has 2 heterocycles. The highest BCUT2D eigenvalue weighted by molar-refractivity contribution is 9.10. The average molecular weight is 583 g/mol. The monoisotopic (exact) mass is 582 g/mol. The summed E-state index contributed by atoms with van der Waals surface area (Å²) in [5.74, 6) is 0.333. The number of methoxy groups -OCH3 is 1. The van der Waals surface area contributed by atoms with E-state index >= 15 is 0 Å². The van der Waals surface area contributed by atoms with Crippen molar-refractivity contribution in [2.45, 2.75) is 38.8 Å². The van der Waals surface area contributed by atoms with Crippen LogP contribution in [0.25, 0.3) is 11.2 Å². The van der Waals surface area contributed by atoms with Gasteiger partial charge in [0.25, 0.3) is 0 Å². The Kier molecular flexibility index (Phi) is 8.13. The Balaban J connectivity index is 1.42. The fourth-order valence-corrected chi connectivity index (χ4v) is 5.70. The quantitative estimate of drug-likeness (QED) is 0.250. The largest absolute Gasteiger partial charge is 0.476 e. The number of nitrogens with one attached hydrogen (secondary N) is 1. The molecule has 14 heteroatoms. The summed E-state index contributed by atoms with van der Waals surface area (Å²) >= 11 is 3.35. The van der Waals surface area contributed by atoms with E-state index in [0.29, 0.717) is 29.4 Å². The summed E-state index contributed by atoms with van der Waals surface area (Å²) in [4.78, 5) is 24.8. The summed E-state index contributed by atoms with van der Waals surface area (Å²) in [5, 5.41) is 2.66. The molecule has 36 heavy (non-hydrogen) atoms. The maximum atomic E-state index is 13.5. The minimum atomic E-state index is -3.89. The van der Waals surface area contributed by atoms with Gasteiger partial charge in [-0.05, 0) is 56.9 Å². The number of nitrogen functional groups attached to an aromatic ring is 1. The van der Waals surface area contributed by atoms with E-state index < -0.39 is 19.8 Å². The van der Waals surface area contributed by atoms with E-state index in [9.17, 15) is 9.36 Å². The highest BCUT2D eigenvalue weighted by Crippen LogP contribution is 2.48. The molecule has 3 N–H and O–H groups in total. The molecule has 12 nitrogen and oxygen atoms in total. The summed E-state index contributed by atoms with van der Waals surface area (Å²) in [6, 6.07) is 6.02. The highest BCUT2D eigenvalue weighted by atomic mass is 79.9. The molecule has 1 fully saturated rings. The minimum Gasteiger partial charge on any atom is -0.476 e. The lowest BCUT2D eigenvalue weighted by Gasteiger charge is -2.36. The summed E-state index contributed by atoms with van der Waals surface area (Å²) in [5.41, 5.74) is 7.02. The first-order valence-electron chi connectivity index (χ1n) is 11.4. The molecular weight excluding hydrogens is 555 g/mol. The van der Waals surface area contributed by atoms with Crippen LogP contribution in [0.1, 0.15) is 32.7 Å². The molecule has 0 aliphatic heterocycles. The van der Waals surface area contributed by atoms with Crippen molar-refractivity contribution >= 4 is 46.8 Å². The zero-order chi connectivity index (χ0) is 25.9. The SMILES string of the molecule is CCOc1nc(N)nc2c1ncn2[C@H]1C[C@@H](COP(=O)(N[C@@H](C)C(=O)OC)Oc2ccc(Br)cc2)C1. The van der Waals surface area contributed by atoms with Gasteiger partial charge in [0.05, 0.1) is 26.7 Å². The number of benzene rings is 1. The van der Waals surface area contributed by atoms with Crippen LogP contribution >= 0.6 is 23.7 Å². The number of hydrogen-bond acceptors (Lipinski definition) is 10. The first-order valence-corrected chi connectivity index (χ1v) is 13.7. The second-order valence-electron chi connectivity index (χ2n) is 8.35. The van der Waals surface area contributed by atoms with E-state index in [1.165, 1.54) is 14.0 Å². The molecule has 0 bridgehead atoms. The van der Waals surface area contributed by atoms with Crippen molar-refractivity contribution in [3.8, 4) is 11.6 Å². The average Bonchev–Trinajstić information content (AvgIpc) is 3.22. The Morgan fingerprint density at radius 1 is 1.31 bits per heavy atom. The number of nitrogens with zero attached hydrogens (tertiary/aromatic N) is 4. The van der Waals surface area contributed by atoms with Crippen LogP contribution in [0.15, 0.2) is 35.1 Å². The molecule has 1 aromatic carbocycles. The van der Waals surface area contributed by atoms with Gasteiger partial charge >= 0.3 is 13.7 Å². The third-order valence-corrected chi connectivity index (χ3v) is 7.89. The minimum absolute atomic E-state index is 0.107. The lowest BCUT2D eigenvalue weighted by Crippen LogP contribution is -2.36. The van der Waals surface area contributed by atoms with Gasteiger partial charge in [-0.15, -0.1) is 0 Å². The number of esters is 1. The number of hydrogen-bond donors (Lipinski definition) is 2. The predicted octanol–water partition coefficient (Wildman–Crippen LogP) is 3.88. The van der Waals surface area contributed by atoms with E-state index in [4.69, 9.17) is 24.3 Å². The number of anilines is 1. The molecule has 0 radical (unpaired) electrons. The van der Waals surface area contributed by atoms with Gasteiger partial charge in [0.15, 0.2) is 11.2 Å². The van der Waals surface area contributed by atoms with Gasteiger partial charge < -0.3 is 24.3 Å². The topological polar surface area (TPSA) is 153 Å². The Hall–Kier alpha value is -2.73. The van der Waals surface area contributed by atoms with Crippen LogP contribution in [-0.4, -0.2) is 51.9 Å². The van der Waals surface area contributed by atoms with Crippen molar-refractivity contribution < 1.29 is 27.9 Å². The number of aromatic nitrogens is 4. The lowest BCUT2D eigenvalue weighted by molar-refractivity contribution is -0.142. The van der Waals surface area contributed by atoms with E-state index in [2.05, 4.69) is 36.0 Å². The van der Waals surface area contributed by atoms with Crippen LogP contribution in [0.2, 0.25) is 0 Å². The molecule has 1 aliphatic rings. The summed E-state index contributed by atoms with van der Waals surface area (Å²) in [7, 11) is -2.64. The third-order valence-electron chi connectivity index (χ3n) is 5.72. The van der Waals surface area contributed by atoms with Gasteiger partial charge in [-0.2, -0.15) is 15.1 Å². The number of carbonyl (C=O) groups is 1. The Labute approximate surface area is 216 Å². The van der Waals surface area contributed by atoms with Crippen molar-refractivity contribution in [2.75, 3.05) is 26.1 Å². The highest BCUT2D eigenvalue weighted by Gasteiger charge is 2.37. The van der Waals surface area contributed by atoms with Gasteiger partial charge in [0, 0.05) is 10.5 Å². The van der Waals surface area contributed by atoms with E-state index in [1.807, 2.05) is 11.5 Å². The smallest absolute Gasteiger partial charge is 0.459 e. The molecule has 3 aromatic rings. The van der Waals surface area contributed by atoms with E-state index in [-0.39, 0.29) is 24.5 Å². The number of nitrogens with two attached hydrogens (primary N) is 1. The van der Waals surface area contributed by atoms with Crippen LogP contribution in [0.3, 0.4) is 0 Å². The van der Waals surface area contributed by atoms with Crippen molar-refractivity contribution in [3.05, 3.63) is 35.1 Å². The van der Waals surface area contributed by atoms with Crippen LogP contribution in [-0.2, 0) is 18.6 Å². The molecule has 1 saturated carbocycles. The van der Waals surface area contributed by atoms with Crippen molar-refractivity contribution in [3.63, 3.8) is 0 Å². The number of ether oxygens (including phenoxy) is 2. The summed E-state index contributed by atoms with van der Waals surface area (Å²) < 4.78 is 38.0. The van der Waals surface area contributed by atoms with E-state index in [1.54, 1.807) is 30.6 Å². The lowest BCUT2D eigenvalue weighted by atomic mass is 9.81. The Morgan fingerprint density at radius 3 is 2.69 bits per heavy atom. The van der Waals surface area contributed by atoms with Gasteiger partial charge in [-0.1, -0.05) is 15.9 Å². The standard InChI is InChI=1S/C22H28BrN6O6P/c1-4-33-20-18-19(26-22(24)27-20)29(12-25-18)16-9-14(10-16)11-34-36(31,28-13(2)21(30)32-3)35-17-7-5-15(23)6-8-17/h5-8,12-14,16H,4,9-11H2,1-3H3,(H,28,31)(H2,24,26,27)/t13-,14-,16+,36?/m0/s1. The summed E-state index contributed by atoms with van der Waals surface area (Å²) in [6.45, 7) is 3.99. The van der Waals surface area contributed by atoms with Crippen molar-refractivity contribution in [2.24, 2.45) is 5.92 Å². The van der Waals surface area contributed by atoms with Crippen molar-refractivity contribution in [1.29, 1.82) is 0 Å². The Morgan fingerprint density at radius 2 is 2.03 bits per heavy atom. The van der Waals surface area contributed by atoms with Gasteiger partial charge in [0.1, 0.15) is 11.8 Å². The van der Waals surface area contributed by atoms with Crippen LogP contribution < -0.4 is 20.1 Å². The number of imidazole rings is 1. The molecule has 1 aliphatic carbocycles. The van der Waals surface area contributed by atoms with Crippen LogP contribution in [0.5, 0.6) is 11.6 Å². The number of rotatable bonds is 11. The van der Waals surface area contributed by atoms with Gasteiger partial charge in [0.2, 0.25) is 11.8 Å². The predicted molar refractivity (Wildman–Crippen MR) is 136 cm³/mol. The van der Waals surface area contributed by atoms with Gasteiger partial charge in [-0.25, -0.2) is 9.55 Å². The molecular formula is C22H28BrN6O6P. The number of carbonyl (C=O) groups excluding carboxylic acids is 1. The molecule has 0 saturated heterocycles. The zero-order valence-corrected chi connectivity index (χ0v) is 22.6. The zero-order valence-electron chi connectivity index (χ0n) is 20.1. The van der Waals surface area contributed by atoms with Crippen LogP contribution in [0.4, 0.5) is 5.95 Å².